The molecule has 0 radical (unpaired) electrons. The minimum atomic E-state index is -4.28. The molecule has 3 heterocycles. The Bertz CT molecular complexity index is 1220. The van der Waals surface area contributed by atoms with Crippen LogP contribution < -0.4 is 5.56 Å². The van der Waals surface area contributed by atoms with E-state index in [-0.39, 0.29) is 11.0 Å². The maximum absolute atomic E-state index is 12.8. The molecule has 2 atom stereocenters. The molecule has 5 rings (SSSR count). The lowest BCUT2D eigenvalue weighted by molar-refractivity contribution is -0.137. The van der Waals surface area contributed by atoms with Crippen molar-refractivity contribution in [1.29, 1.82) is 0 Å². The van der Waals surface area contributed by atoms with E-state index in [9.17, 15) is 18.0 Å². The second-order valence-electron chi connectivity index (χ2n) is 9.25. The maximum Gasteiger partial charge on any atom is 0.416 e. The Balaban J connectivity index is 1.10. The lowest BCUT2D eigenvalue weighted by Crippen LogP contribution is -2.23. The third-order valence-electron chi connectivity index (χ3n) is 7.04. The Morgan fingerprint density at radius 3 is 2.74 bits per heavy atom. The highest BCUT2D eigenvalue weighted by Gasteiger charge is 2.57. The van der Waals surface area contributed by atoms with Gasteiger partial charge in [0, 0.05) is 25.5 Å². The van der Waals surface area contributed by atoms with Gasteiger partial charge in [0.1, 0.15) is 0 Å². The number of thioether (sulfide) groups is 1. The second-order valence-corrected chi connectivity index (χ2v) is 10.3. The summed E-state index contributed by atoms with van der Waals surface area (Å²) in [6.45, 7) is 3.03. The van der Waals surface area contributed by atoms with Gasteiger partial charge in [-0.25, -0.2) is 0 Å². The number of hydrogen-bond donors (Lipinski definition) is 1. The van der Waals surface area contributed by atoms with Crippen LogP contribution in [0.2, 0.25) is 0 Å². The number of alkyl halides is 3. The fourth-order valence-electron chi connectivity index (χ4n) is 5.07. The van der Waals surface area contributed by atoms with E-state index < -0.39 is 11.7 Å². The van der Waals surface area contributed by atoms with Gasteiger partial charge in [0.25, 0.3) is 5.56 Å². The number of likely N-dealkylation sites (tertiary alicyclic amines) is 1. The van der Waals surface area contributed by atoms with Crippen molar-refractivity contribution >= 4 is 11.8 Å². The molecule has 180 valence electrons. The van der Waals surface area contributed by atoms with Gasteiger partial charge in [-0.15, -0.1) is 10.2 Å². The van der Waals surface area contributed by atoms with E-state index >= 15 is 0 Å². The molecular formula is C24H26F3N5OS. The molecule has 1 spiro atoms. The van der Waals surface area contributed by atoms with Crippen LogP contribution in [-0.2, 0) is 13.2 Å². The summed E-state index contributed by atoms with van der Waals surface area (Å²) < 4.78 is 40.3. The van der Waals surface area contributed by atoms with Crippen LogP contribution in [0.25, 0.3) is 11.4 Å². The number of halogens is 3. The maximum atomic E-state index is 12.8. The van der Waals surface area contributed by atoms with E-state index in [0.29, 0.717) is 17.3 Å². The topological polar surface area (TPSA) is 66.8 Å². The summed E-state index contributed by atoms with van der Waals surface area (Å²) in [5.74, 6) is 1.81. The molecule has 1 aliphatic heterocycles. The van der Waals surface area contributed by atoms with Crippen LogP contribution in [-0.4, -0.2) is 50.0 Å². The number of nitrogens with one attached hydrogen (secondary N) is 1. The highest BCUT2D eigenvalue weighted by Crippen LogP contribution is 2.64. The number of rotatable bonds is 7. The summed E-state index contributed by atoms with van der Waals surface area (Å²) in [5, 5.41) is 9.20. The van der Waals surface area contributed by atoms with Crippen LogP contribution in [0.3, 0.4) is 0 Å². The van der Waals surface area contributed by atoms with Gasteiger partial charge < -0.3 is 14.5 Å². The van der Waals surface area contributed by atoms with Crippen LogP contribution in [0.5, 0.6) is 0 Å². The van der Waals surface area contributed by atoms with Gasteiger partial charge in [-0.2, -0.15) is 13.2 Å². The van der Waals surface area contributed by atoms with Gasteiger partial charge in [-0.1, -0.05) is 23.9 Å². The van der Waals surface area contributed by atoms with Crippen LogP contribution in [0.1, 0.15) is 36.3 Å². The molecule has 10 heteroatoms. The van der Waals surface area contributed by atoms with Crippen molar-refractivity contribution in [1.82, 2.24) is 24.6 Å². The molecule has 0 unspecified atom stereocenters. The monoisotopic (exact) mass is 489 g/mol. The molecule has 1 saturated heterocycles. The van der Waals surface area contributed by atoms with Crippen molar-refractivity contribution in [2.24, 2.45) is 12.5 Å². The third kappa shape index (κ3) is 4.53. The third-order valence-corrected chi connectivity index (χ3v) is 8.14. The van der Waals surface area contributed by atoms with E-state index in [0.717, 1.165) is 55.4 Å². The summed E-state index contributed by atoms with van der Waals surface area (Å²) in [5.41, 5.74) is 0.988. The highest BCUT2D eigenvalue weighted by atomic mass is 32.2. The van der Waals surface area contributed by atoms with Crippen molar-refractivity contribution in [2.75, 3.05) is 25.4 Å². The van der Waals surface area contributed by atoms with Gasteiger partial charge in [-0.05, 0) is 73.5 Å². The van der Waals surface area contributed by atoms with E-state index in [1.165, 1.54) is 12.1 Å². The molecule has 0 amide bonds. The van der Waals surface area contributed by atoms with Crippen molar-refractivity contribution < 1.29 is 13.2 Å². The van der Waals surface area contributed by atoms with Crippen molar-refractivity contribution in [3.63, 3.8) is 0 Å². The standard InChI is InChI=1S/C24H26F3N5OS/c1-31-20(18-4-2-10-28-21(18)33)29-30-22(31)34-13-3-11-32-12-9-23(15-32)14-19(23)16-5-7-17(8-6-16)24(25,26)27/h2,4-8,10,19H,3,9,11-15H2,1H3,(H,28,33)/t19-,23+/m0/s1. The van der Waals surface area contributed by atoms with Crippen LogP contribution >= 0.6 is 11.8 Å². The van der Waals surface area contributed by atoms with E-state index in [4.69, 9.17) is 0 Å². The Labute approximate surface area is 199 Å². The first-order valence-corrected chi connectivity index (χ1v) is 12.4. The molecule has 1 saturated carbocycles. The zero-order valence-corrected chi connectivity index (χ0v) is 19.6. The normalized spacial score (nSPS) is 22.5. The van der Waals surface area contributed by atoms with Crippen molar-refractivity contribution in [3.8, 4) is 11.4 Å². The smallest absolute Gasteiger partial charge is 0.328 e. The number of benzene rings is 1. The Hall–Kier alpha value is -2.59. The summed E-state index contributed by atoms with van der Waals surface area (Å²) in [6, 6.07) is 9.22. The second kappa shape index (κ2) is 8.88. The lowest BCUT2D eigenvalue weighted by atomic mass is 9.97. The summed E-state index contributed by atoms with van der Waals surface area (Å²) >= 11 is 1.63. The number of hydrogen-bond acceptors (Lipinski definition) is 5. The van der Waals surface area contributed by atoms with E-state index in [2.05, 4.69) is 20.1 Å². The minimum absolute atomic E-state index is 0.188. The summed E-state index contributed by atoms with van der Waals surface area (Å²) in [6.07, 6.45) is 0.467. The molecule has 0 bridgehead atoms. The lowest BCUT2D eigenvalue weighted by Gasteiger charge is -2.16. The molecule has 2 aromatic heterocycles. The van der Waals surface area contributed by atoms with Crippen LogP contribution in [0.15, 0.2) is 52.5 Å². The van der Waals surface area contributed by atoms with Gasteiger partial charge in [0.2, 0.25) is 0 Å². The summed E-state index contributed by atoms with van der Waals surface area (Å²) in [7, 11) is 1.86. The zero-order valence-electron chi connectivity index (χ0n) is 18.8. The molecule has 1 aromatic carbocycles. The average molecular weight is 490 g/mol. The number of H-pyrrole nitrogens is 1. The Morgan fingerprint density at radius 2 is 2.00 bits per heavy atom. The predicted octanol–water partition coefficient (Wildman–Crippen LogP) is 4.55. The quantitative estimate of drug-likeness (QED) is 0.390. The first-order valence-electron chi connectivity index (χ1n) is 11.4. The predicted molar refractivity (Wildman–Crippen MR) is 125 cm³/mol. The molecule has 6 nitrogen and oxygen atoms in total. The number of pyridine rings is 1. The minimum Gasteiger partial charge on any atom is -0.328 e. The first-order chi connectivity index (χ1) is 16.3. The molecular weight excluding hydrogens is 463 g/mol. The van der Waals surface area contributed by atoms with Crippen LogP contribution in [0.4, 0.5) is 13.2 Å². The number of nitrogens with zero attached hydrogens (tertiary/aromatic N) is 4. The number of aromatic nitrogens is 4. The largest absolute Gasteiger partial charge is 0.416 e. The molecule has 1 N–H and O–H groups in total. The first kappa shape index (κ1) is 23.2. The van der Waals surface area contributed by atoms with Crippen molar-refractivity contribution in [3.05, 3.63) is 64.1 Å². The van der Waals surface area contributed by atoms with Crippen LogP contribution in [0, 0.1) is 5.41 Å². The molecule has 3 aromatic rings. The summed E-state index contributed by atoms with van der Waals surface area (Å²) in [4.78, 5) is 17.1. The van der Waals surface area contributed by atoms with Gasteiger partial charge in [0.15, 0.2) is 11.0 Å². The fourth-order valence-corrected chi connectivity index (χ4v) is 5.91. The molecule has 2 aliphatic rings. The average Bonchev–Trinajstić information content (AvgIpc) is 3.16. The number of aromatic amines is 1. The highest BCUT2D eigenvalue weighted by molar-refractivity contribution is 7.99. The van der Waals surface area contributed by atoms with Crippen molar-refractivity contribution in [2.45, 2.75) is 36.5 Å². The van der Waals surface area contributed by atoms with Gasteiger partial charge >= 0.3 is 6.18 Å². The molecule has 34 heavy (non-hydrogen) atoms. The Kier molecular flexibility index (Phi) is 6.05. The van der Waals surface area contributed by atoms with Gasteiger partial charge in [-0.3, -0.25) is 4.79 Å². The SMILES string of the molecule is Cn1c(SCCCN2CC[C@@]3(C[C@H]3c3ccc(C(F)(F)F)cc3)C2)nnc1-c1ccc[nH]c1=O. The van der Waals surface area contributed by atoms with Gasteiger partial charge in [0.05, 0.1) is 11.1 Å². The fraction of sp³-hybridized carbons (Fsp3) is 0.458. The van der Waals surface area contributed by atoms with E-state index in [1.807, 2.05) is 11.6 Å². The molecule has 2 fully saturated rings. The zero-order chi connectivity index (χ0) is 23.9. The molecule has 1 aliphatic carbocycles. The van der Waals surface area contributed by atoms with E-state index in [1.54, 1.807) is 42.2 Å². The Morgan fingerprint density at radius 1 is 1.21 bits per heavy atom.